The first-order chi connectivity index (χ1) is 6.50. The van der Waals surface area contributed by atoms with Crippen LogP contribution in [0.4, 0.5) is 0 Å². The topological polar surface area (TPSA) is 54.4 Å². The summed E-state index contributed by atoms with van der Waals surface area (Å²) in [5.74, 6) is -0.292. The minimum atomic E-state index is -0.707. The largest absolute Gasteiger partial charge is 0.481 e. The highest BCUT2D eigenvalue weighted by atomic mass is 16.4. The van der Waals surface area contributed by atoms with Crippen LogP contribution in [-0.4, -0.2) is 16.9 Å². The van der Waals surface area contributed by atoms with Gasteiger partial charge in [0.05, 0.1) is 5.92 Å². The number of hydrogen-bond donors (Lipinski definition) is 1. The first-order valence-electron chi connectivity index (χ1n) is 5.24. The van der Waals surface area contributed by atoms with E-state index in [0.29, 0.717) is 12.3 Å². The molecule has 3 atom stereocenters. The van der Waals surface area contributed by atoms with Gasteiger partial charge >= 0.3 is 5.97 Å². The Hall–Kier alpha value is -0.860. The summed E-state index contributed by atoms with van der Waals surface area (Å²) in [6, 6.07) is 0. The van der Waals surface area contributed by atoms with Gasteiger partial charge in [-0.1, -0.05) is 6.92 Å². The molecule has 1 saturated carbocycles. The van der Waals surface area contributed by atoms with Gasteiger partial charge in [-0.2, -0.15) is 0 Å². The number of carbonyl (C=O) groups is 2. The van der Waals surface area contributed by atoms with Crippen LogP contribution in [0.25, 0.3) is 0 Å². The summed E-state index contributed by atoms with van der Waals surface area (Å²) in [5, 5.41) is 8.92. The van der Waals surface area contributed by atoms with Gasteiger partial charge in [0.2, 0.25) is 0 Å². The van der Waals surface area contributed by atoms with E-state index in [1.807, 2.05) is 6.92 Å². The molecule has 1 unspecified atom stereocenters. The zero-order valence-corrected chi connectivity index (χ0v) is 8.82. The van der Waals surface area contributed by atoms with E-state index >= 15 is 0 Å². The number of carboxylic acids is 1. The molecular weight excluding hydrogens is 180 g/mol. The second-order valence-electron chi connectivity index (χ2n) is 4.50. The maximum atomic E-state index is 11.2. The summed E-state index contributed by atoms with van der Waals surface area (Å²) in [6.45, 7) is 3.65. The number of hydrogen-bond acceptors (Lipinski definition) is 2. The molecule has 0 aromatic heterocycles. The van der Waals surface area contributed by atoms with Gasteiger partial charge in [-0.3, -0.25) is 9.59 Å². The second-order valence-corrected chi connectivity index (χ2v) is 4.50. The maximum absolute atomic E-state index is 11.2. The summed E-state index contributed by atoms with van der Waals surface area (Å²) in [4.78, 5) is 22.1. The third-order valence-electron chi connectivity index (χ3n) is 3.16. The van der Waals surface area contributed by atoms with Gasteiger partial charge in [0.15, 0.2) is 0 Å². The normalized spacial score (nSPS) is 33.4. The zero-order valence-electron chi connectivity index (χ0n) is 8.82. The molecule has 0 radical (unpaired) electrons. The molecule has 3 heteroatoms. The van der Waals surface area contributed by atoms with Gasteiger partial charge in [0.25, 0.3) is 0 Å². The van der Waals surface area contributed by atoms with Gasteiger partial charge in [-0.25, -0.2) is 0 Å². The van der Waals surface area contributed by atoms with E-state index in [1.54, 1.807) is 6.92 Å². The molecule has 0 bridgehead atoms. The number of carboxylic acid groups (broad SMARTS) is 1. The quantitative estimate of drug-likeness (QED) is 0.691. The smallest absolute Gasteiger partial charge is 0.306 e. The average Bonchev–Trinajstić information content (AvgIpc) is 2.26. The summed E-state index contributed by atoms with van der Waals surface area (Å²) in [6.07, 6.45) is 2.98. The summed E-state index contributed by atoms with van der Waals surface area (Å²) >= 11 is 0. The molecule has 80 valence electrons. The molecule has 1 rings (SSSR count). The number of Topliss-reactive ketones (excluding diaryl/α,β-unsaturated/α-hetero) is 1. The van der Waals surface area contributed by atoms with E-state index in [2.05, 4.69) is 0 Å². The standard InChI is InChI=1S/C11H18O3/c1-7-5-9(8(2)12)3-4-10(6-7)11(13)14/h7,9-10H,3-6H2,1-2H3,(H,13,14)/t7?,9-,10-/m1/s1. The third kappa shape index (κ3) is 2.82. The van der Waals surface area contributed by atoms with Crippen LogP contribution in [0.15, 0.2) is 0 Å². The van der Waals surface area contributed by atoms with Crippen LogP contribution in [0.2, 0.25) is 0 Å². The summed E-state index contributed by atoms with van der Waals surface area (Å²) in [7, 11) is 0. The Balaban J connectivity index is 2.62. The van der Waals surface area contributed by atoms with Crippen molar-refractivity contribution in [3.05, 3.63) is 0 Å². The molecular formula is C11H18O3. The van der Waals surface area contributed by atoms with E-state index in [9.17, 15) is 9.59 Å². The molecule has 0 aliphatic heterocycles. The Morgan fingerprint density at radius 1 is 1.14 bits per heavy atom. The predicted octanol–water partition coefficient (Wildman–Crippen LogP) is 2.10. The monoisotopic (exact) mass is 198 g/mol. The SMILES string of the molecule is CC(=O)[C@@H]1CC[C@@H](C(=O)O)CC(C)C1. The number of carbonyl (C=O) groups excluding carboxylic acids is 1. The van der Waals surface area contributed by atoms with Crippen molar-refractivity contribution in [1.29, 1.82) is 0 Å². The van der Waals surface area contributed by atoms with Crippen molar-refractivity contribution < 1.29 is 14.7 Å². The van der Waals surface area contributed by atoms with Crippen LogP contribution in [0.3, 0.4) is 0 Å². The van der Waals surface area contributed by atoms with Crippen molar-refractivity contribution in [3.8, 4) is 0 Å². The summed E-state index contributed by atoms with van der Waals surface area (Å²) in [5.41, 5.74) is 0. The van der Waals surface area contributed by atoms with Crippen LogP contribution in [0.5, 0.6) is 0 Å². The fraction of sp³-hybridized carbons (Fsp3) is 0.818. The summed E-state index contributed by atoms with van der Waals surface area (Å²) < 4.78 is 0. The van der Waals surface area contributed by atoms with Gasteiger partial charge in [-0.05, 0) is 38.5 Å². The van der Waals surface area contributed by atoms with E-state index in [4.69, 9.17) is 5.11 Å². The first-order valence-corrected chi connectivity index (χ1v) is 5.24. The fourth-order valence-corrected chi connectivity index (χ4v) is 2.30. The highest BCUT2D eigenvalue weighted by Gasteiger charge is 2.29. The maximum Gasteiger partial charge on any atom is 0.306 e. The molecule has 1 aliphatic rings. The third-order valence-corrected chi connectivity index (χ3v) is 3.16. The van der Waals surface area contributed by atoms with Gasteiger partial charge in [0, 0.05) is 5.92 Å². The molecule has 0 spiro atoms. The highest BCUT2D eigenvalue weighted by Crippen LogP contribution is 2.31. The lowest BCUT2D eigenvalue weighted by Gasteiger charge is -2.13. The van der Waals surface area contributed by atoms with Crippen molar-refractivity contribution >= 4 is 11.8 Å². The van der Waals surface area contributed by atoms with Gasteiger partial charge < -0.3 is 5.11 Å². The minimum Gasteiger partial charge on any atom is -0.481 e. The fourth-order valence-electron chi connectivity index (χ4n) is 2.30. The van der Waals surface area contributed by atoms with E-state index in [1.165, 1.54) is 0 Å². The Labute approximate surface area is 84.5 Å². The van der Waals surface area contributed by atoms with Crippen LogP contribution < -0.4 is 0 Å². The lowest BCUT2D eigenvalue weighted by atomic mass is 9.91. The average molecular weight is 198 g/mol. The molecule has 0 amide bonds. The van der Waals surface area contributed by atoms with Crippen LogP contribution >= 0.6 is 0 Å². The predicted molar refractivity (Wildman–Crippen MR) is 52.9 cm³/mol. The molecule has 0 aromatic rings. The Morgan fingerprint density at radius 2 is 1.64 bits per heavy atom. The minimum absolute atomic E-state index is 0.0920. The van der Waals surface area contributed by atoms with Crippen LogP contribution in [-0.2, 0) is 9.59 Å². The van der Waals surface area contributed by atoms with Gasteiger partial charge in [0.1, 0.15) is 5.78 Å². The zero-order chi connectivity index (χ0) is 10.7. The molecule has 1 N–H and O–H groups in total. The lowest BCUT2D eigenvalue weighted by molar-refractivity contribution is -0.142. The highest BCUT2D eigenvalue weighted by molar-refractivity contribution is 5.78. The molecule has 14 heavy (non-hydrogen) atoms. The second kappa shape index (κ2) is 4.58. The van der Waals surface area contributed by atoms with Crippen molar-refractivity contribution in [2.75, 3.05) is 0 Å². The van der Waals surface area contributed by atoms with Crippen molar-refractivity contribution in [2.24, 2.45) is 17.8 Å². The Bertz CT molecular complexity index is 211. The van der Waals surface area contributed by atoms with Crippen LogP contribution in [0.1, 0.15) is 39.5 Å². The Kier molecular flexibility index (Phi) is 3.67. The number of rotatable bonds is 2. The molecule has 0 saturated heterocycles. The Morgan fingerprint density at radius 3 is 2.14 bits per heavy atom. The van der Waals surface area contributed by atoms with Gasteiger partial charge in [-0.15, -0.1) is 0 Å². The molecule has 0 aromatic carbocycles. The number of ketones is 1. The molecule has 0 heterocycles. The molecule has 3 nitrogen and oxygen atoms in total. The van der Waals surface area contributed by atoms with E-state index in [-0.39, 0.29) is 17.6 Å². The molecule has 1 aliphatic carbocycles. The lowest BCUT2D eigenvalue weighted by Crippen LogP contribution is -2.14. The van der Waals surface area contributed by atoms with E-state index in [0.717, 1.165) is 19.3 Å². The van der Waals surface area contributed by atoms with E-state index < -0.39 is 5.97 Å². The number of aliphatic carboxylic acids is 1. The van der Waals surface area contributed by atoms with Crippen molar-refractivity contribution in [1.82, 2.24) is 0 Å². The van der Waals surface area contributed by atoms with Crippen molar-refractivity contribution in [2.45, 2.75) is 39.5 Å². The van der Waals surface area contributed by atoms with Crippen molar-refractivity contribution in [3.63, 3.8) is 0 Å². The first kappa shape index (κ1) is 11.2. The van der Waals surface area contributed by atoms with Crippen LogP contribution in [0, 0.1) is 17.8 Å². The molecule has 1 fully saturated rings.